The van der Waals surface area contributed by atoms with E-state index in [1.165, 1.54) is 6.33 Å². The van der Waals surface area contributed by atoms with Gasteiger partial charge in [-0.1, -0.05) is 13.3 Å². The lowest BCUT2D eigenvalue weighted by Crippen LogP contribution is -2.23. The molecule has 0 aliphatic rings. The summed E-state index contributed by atoms with van der Waals surface area (Å²) in [6.07, 6.45) is 3.65. The highest BCUT2D eigenvalue weighted by molar-refractivity contribution is 9.10. The van der Waals surface area contributed by atoms with Gasteiger partial charge in [0.25, 0.3) is 5.56 Å². The zero-order valence-corrected chi connectivity index (χ0v) is 9.97. The first-order valence-corrected chi connectivity index (χ1v) is 5.40. The summed E-state index contributed by atoms with van der Waals surface area (Å²) >= 11 is 3.22. The van der Waals surface area contributed by atoms with E-state index in [0.29, 0.717) is 10.3 Å². The fourth-order valence-corrected chi connectivity index (χ4v) is 1.66. The molecule has 0 saturated carbocycles. The topological polar surface area (TPSA) is 49.0 Å². The fourth-order valence-electron chi connectivity index (χ4n) is 1.14. The second-order valence-corrected chi connectivity index (χ2v) is 3.94. The normalized spacial score (nSPS) is 10.2. The van der Waals surface area contributed by atoms with Gasteiger partial charge in [-0.05, 0) is 22.4 Å². The predicted octanol–water partition coefficient (Wildman–Crippen LogP) is 1.77. The first kappa shape index (κ1) is 11.2. The Hall–Kier alpha value is -0.840. The number of nitrogens with zero attached hydrogens (tertiary/aromatic N) is 2. The van der Waals surface area contributed by atoms with Crippen LogP contribution in [-0.4, -0.2) is 23.6 Å². The van der Waals surface area contributed by atoms with Crippen molar-refractivity contribution in [1.82, 2.24) is 9.97 Å². The van der Waals surface area contributed by atoms with E-state index in [-0.39, 0.29) is 5.56 Å². The highest BCUT2D eigenvalue weighted by Gasteiger charge is 2.08. The van der Waals surface area contributed by atoms with E-state index in [0.717, 1.165) is 19.4 Å². The third-order valence-corrected chi connectivity index (χ3v) is 2.70. The summed E-state index contributed by atoms with van der Waals surface area (Å²) in [6.45, 7) is 3.04. The zero-order chi connectivity index (χ0) is 10.6. The first-order valence-electron chi connectivity index (χ1n) is 4.61. The van der Waals surface area contributed by atoms with Crippen molar-refractivity contribution in [2.24, 2.45) is 0 Å². The van der Waals surface area contributed by atoms with Crippen molar-refractivity contribution in [2.75, 3.05) is 18.5 Å². The number of unbranched alkanes of at least 4 members (excludes halogenated alkanes) is 1. The molecule has 1 heterocycles. The van der Waals surface area contributed by atoms with Gasteiger partial charge in [0.1, 0.15) is 10.3 Å². The molecule has 1 aromatic rings. The molecule has 0 bridgehead atoms. The maximum atomic E-state index is 11.2. The van der Waals surface area contributed by atoms with Crippen LogP contribution in [-0.2, 0) is 0 Å². The lowest BCUT2D eigenvalue weighted by Gasteiger charge is -2.17. The van der Waals surface area contributed by atoms with Crippen LogP contribution in [0.5, 0.6) is 0 Å². The summed E-state index contributed by atoms with van der Waals surface area (Å²) in [7, 11) is 1.93. The van der Waals surface area contributed by atoms with Gasteiger partial charge in [0.05, 0.1) is 6.33 Å². The highest BCUT2D eigenvalue weighted by atomic mass is 79.9. The molecule has 0 saturated heterocycles. The second-order valence-electron chi connectivity index (χ2n) is 3.14. The number of halogens is 1. The van der Waals surface area contributed by atoms with Crippen LogP contribution in [0.1, 0.15) is 19.8 Å². The van der Waals surface area contributed by atoms with Gasteiger partial charge in [-0.15, -0.1) is 0 Å². The number of H-pyrrole nitrogens is 1. The summed E-state index contributed by atoms with van der Waals surface area (Å²) in [5.41, 5.74) is -0.140. The highest BCUT2D eigenvalue weighted by Crippen LogP contribution is 2.17. The molecule has 0 aromatic carbocycles. The van der Waals surface area contributed by atoms with E-state index in [1.54, 1.807) is 0 Å². The third-order valence-electron chi connectivity index (χ3n) is 1.99. The lowest BCUT2D eigenvalue weighted by molar-refractivity contribution is 0.756. The third kappa shape index (κ3) is 2.57. The maximum absolute atomic E-state index is 11.2. The van der Waals surface area contributed by atoms with Gasteiger partial charge in [-0.3, -0.25) is 4.79 Å². The van der Waals surface area contributed by atoms with Crippen molar-refractivity contribution < 1.29 is 0 Å². The van der Waals surface area contributed by atoms with Crippen LogP contribution in [0.3, 0.4) is 0 Å². The molecular formula is C9H14BrN3O. The number of rotatable bonds is 4. The number of anilines is 1. The Kier molecular flexibility index (Phi) is 4.13. The Labute approximate surface area is 91.5 Å². The average Bonchev–Trinajstić information content (AvgIpc) is 2.18. The van der Waals surface area contributed by atoms with Crippen molar-refractivity contribution in [2.45, 2.75) is 19.8 Å². The van der Waals surface area contributed by atoms with Crippen molar-refractivity contribution >= 4 is 21.7 Å². The van der Waals surface area contributed by atoms with Crippen LogP contribution < -0.4 is 10.5 Å². The molecule has 0 aliphatic carbocycles. The van der Waals surface area contributed by atoms with E-state index in [1.807, 2.05) is 11.9 Å². The minimum absolute atomic E-state index is 0.140. The molecule has 4 nitrogen and oxygen atoms in total. The molecule has 0 fully saturated rings. The van der Waals surface area contributed by atoms with E-state index in [2.05, 4.69) is 32.8 Å². The minimum Gasteiger partial charge on any atom is -0.359 e. The molecule has 0 aliphatic heterocycles. The fraction of sp³-hybridized carbons (Fsp3) is 0.556. The van der Waals surface area contributed by atoms with Gasteiger partial charge in [-0.25, -0.2) is 4.98 Å². The monoisotopic (exact) mass is 259 g/mol. The van der Waals surface area contributed by atoms with Crippen LogP contribution in [0, 0.1) is 0 Å². The molecule has 0 radical (unpaired) electrons. The van der Waals surface area contributed by atoms with Crippen molar-refractivity contribution in [1.29, 1.82) is 0 Å². The number of hydrogen-bond acceptors (Lipinski definition) is 3. The van der Waals surface area contributed by atoms with Crippen LogP contribution >= 0.6 is 15.9 Å². The molecule has 1 aromatic heterocycles. The van der Waals surface area contributed by atoms with Crippen molar-refractivity contribution in [3.8, 4) is 0 Å². The maximum Gasteiger partial charge on any atom is 0.267 e. The SMILES string of the molecule is CCCCN(C)c1nc[nH]c(=O)c1Br. The van der Waals surface area contributed by atoms with Gasteiger partial charge in [0.15, 0.2) is 0 Å². The Balaban J connectivity index is 2.84. The summed E-state index contributed by atoms with van der Waals surface area (Å²) in [5, 5.41) is 0. The summed E-state index contributed by atoms with van der Waals surface area (Å²) in [4.78, 5) is 19.9. The number of nitrogens with one attached hydrogen (secondary N) is 1. The summed E-state index contributed by atoms with van der Waals surface area (Å²) < 4.78 is 0.499. The van der Waals surface area contributed by atoms with Crippen LogP contribution in [0.2, 0.25) is 0 Å². The Morgan fingerprint density at radius 2 is 2.36 bits per heavy atom. The van der Waals surface area contributed by atoms with E-state index in [9.17, 15) is 4.79 Å². The smallest absolute Gasteiger partial charge is 0.267 e. The number of aromatic nitrogens is 2. The van der Waals surface area contributed by atoms with Gasteiger partial charge >= 0.3 is 0 Å². The molecule has 1 rings (SSSR count). The van der Waals surface area contributed by atoms with Crippen LogP contribution in [0.15, 0.2) is 15.6 Å². The Bertz CT molecular complexity index is 350. The summed E-state index contributed by atoms with van der Waals surface area (Å²) in [6, 6.07) is 0. The standard InChI is InChI=1S/C9H14BrN3O/c1-3-4-5-13(2)8-7(10)9(14)12-6-11-8/h6H,3-5H2,1-2H3,(H,11,12,14). The minimum atomic E-state index is -0.140. The van der Waals surface area contributed by atoms with E-state index < -0.39 is 0 Å². The molecule has 5 heteroatoms. The molecule has 14 heavy (non-hydrogen) atoms. The second kappa shape index (κ2) is 5.14. The van der Waals surface area contributed by atoms with E-state index >= 15 is 0 Å². The molecular weight excluding hydrogens is 246 g/mol. The average molecular weight is 260 g/mol. The number of aromatic amines is 1. The van der Waals surface area contributed by atoms with Crippen LogP contribution in [0.4, 0.5) is 5.82 Å². The lowest BCUT2D eigenvalue weighted by atomic mass is 10.3. The van der Waals surface area contributed by atoms with Gasteiger partial charge in [0, 0.05) is 13.6 Å². The molecule has 0 atom stereocenters. The molecule has 0 unspecified atom stereocenters. The summed E-state index contributed by atoms with van der Waals surface area (Å²) in [5.74, 6) is 0.696. The van der Waals surface area contributed by atoms with Crippen molar-refractivity contribution in [3.05, 3.63) is 21.2 Å². The van der Waals surface area contributed by atoms with Crippen LogP contribution in [0.25, 0.3) is 0 Å². The van der Waals surface area contributed by atoms with Gasteiger partial charge in [-0.2, -0.15) is 0 Å². The van der Waals surface area contributed by atoms with Crippen molar-refractivity contribution in [3.63, 3.8) is 0 Å². The molecule has 0 amide bonds. The first-order chi connectivity index (χ1) is 6.66. The number of hydrogen-bond donors (Lipinski definition) is 1. The quantitative estimate of drug-likeness (QED) is 0.897. The van der Waals surface area contributed by atoms with E-state index in [4.69, 9.17) is 0 Å². The zero-order valence-electron chi connectivity index (χ0n) is 8.38. The molecule has 78 valence electrons. The van der Waals surface area contributed by atoms with Gasteiger partial charge in [0.2, 0.25) is 0 Å². The molecule has 1 N–H and O–H groups in total. The predicted molar refractivity (Wildman–Crippen MR) is 60.7 cm³/mol. The molecule has 0 spiro atoms. The Morgan fingerprint density at radius 1 is 1.64 bits per heavy atom. The van der Waals surface area contributed by atoms with Gasteiger partial charge < -0.3 is 9.88 Å². The largest absolute Gasteiger partial charge is 0.359 e. The Morgan fingerprint density at radius 3 is 3.00 bits per heavy atom.